The number of aromatic nitrogens is 2. The van der Waals surface area contributed by atoms with Crippen LogP contribution in [-0.2, 0) is 27.4 Å². The van der Waals surface area contributed by atoms with Crippen molar-refractivity contribution in [3.63, 3.8) is 0 Å². The predicted octanol–water partition coefficient (Wildman–Crippen LogP) is 3.47. The van der Waals surface area contributed by atoms with Crippen molar-refractivity contribution in [2.24, 2.45) is 0 Å². The predicted molar refractivity (Wildman–Crippen MR) is 143 cm³/mol. The summed E-state index contributed by atoms with van der Waals surface area (Å²) < 4.78 is 99.0. The van der Waals surface area contributed by atoms with E-state index in [0.717, 1.165) is 36.0 Å². The molecule has 1 amide bonds. The van der Waals surface area contributed by atoms with E-state index in [1.165, 1.54) is 14.4 Å². The topological polar surface area (TPSA) is 92.6 Å². The molecule has 0 saturated carbocycles. The quantitative estimate of drug-likeness (QED) is 0.331. The third-order valence-corrected chi connectivity index (χ3v) is 10.4. The van der Waals surface area contributed by atoms with Crippen molar-refractivity contribution in [3.8, 4) is 11.1 Å². The van der Waals surface area contributed by atoms with Crippen LogP contribution in [0.15, 0.2) is 46.6 Å². The number of benzene rings is 2. The second kappa shape index (κ2) is 9.54. The molecule has 6 rings (SSSR count). The number of aryl methyl sites for hydroxylation is 1. The molecule has 0 N–H and O–H groups in total. The SMILES string of the molecule is C=CC(=O)N1CCN(c2nc(=O)n3c4c(c(-c5ccc(F)cc5F)c(C(F)(F)F)cc24)SCC3)[C@@H]2CS(=O)(=O)C[C@@H]21. The number of hydrogen-bond acceptors (Lipinski definition) is 7. The Morgan fingerprint density at radius 1 is 1.10 bits per heavy atom. The summed E-state index contributed by atoms with van der Waals surface area (Å²) in [6, 6.07) is 1.39. The zero-order chi connectivity index (χ0) is 29.4. The molecule has 0 aliphatic carbocycles. The third-order valence-electron chi connectivity index (χ3n) is 7.67. The first-order chi connectivity index (χ1) is 19.3. The van der Waals surface area contributed by atoms with Crippen molar-refractivity contribution >= 4 is 44.2 Å². The Morgan fingerprint density at radius 2 is 1.83 bits per heavy atom. The van der Waals surface area contributed by atoms with Crippen LogP contribution in [0.25, 0.3) is 22.0 Å². The minimum atomic E-state index is -4.98. The summed E-state index contributed by atoms with van der Waals surface area (Å²) in [5, 5.41) is -0.0584. The molecule has 8 nitrogen and oxygen atoms in total. The number of fused-ring (bicyclic) bond motifs is 1. The lowest BCUT2D eigenvalue weighted by molar-refractivity contribution is -0.137. The van der Waals surface area contributed by atoms with Crippen LogP contribution in [0, 0.1) is 11.6 Å². The number of amides is 1. The van der Waals surface area contributed by atoms with E-state index in [1.54, 1.807) is 0 Å². The van der Waals surface area contributed by atoms with E-state index in [4.69, 9.17) is 0 Å². The van der Waals surface area contributed by atoms with Gasteiger partial charge in [0.05, 0.1) is 34.7 Å². The fourth-order valence-electron chi connectivity index (χ4n) is 5.99. The average Bonchev–Trinajstić information content (AvgIpc) is 3.24. The van der Waals surface area contributed by atoms with Gasteiger partial charge in [-0.05, 0) is 24.3 Å². The lowest BCUT2D eigenvalue weighted by Crippen LogP contribution is -2.61. The van der Waals surface area contributed by atoms with Gasteiger partial charge in [-0.15, -0.1) is 11.8 Å². The highest BCUT2D eigenvalue weighted by Crippen LogP contribution is 2.49. The number of piperazine rings is 1. The summed E-state index contributed by atoms with van der Waals surface area (Å²) in [5.74, 6) is -3.32. The first-order valence-electron chi connectivity index (χ1n) is 12.5. The van der Waals surface area contributed by atoms with Crippen LogP contribution in [0.2, 0.25) is 0 Å². The van der Waals surface area contributed by atoms with Crippen LogP contribution < -0.4 is 10.6 Å². The van der Waals surface area contributed by atoms with Gasteiger partial charge in [0.1, 0.15) is 17.5 Å². The summed E-state index contributed by atoms with van der Waals surface area (Å²) in [7, 11) is -3.64. The fourth-order valence-corrected chi connectivity index (χ4v) is 9.17. The number of halogens is 5. The molecule has 2 saturated heterocycles. The number of thioether (sulfide) groups is 1. The lowest BCUT2D eigenvalue weighted by Gasteiger charge is -2.44. The number of carbonyl (C=O) groups is 1. The van der Waals surface area contributed by atoms with Crippen molar-refractivity contribution in [2.75, 3.05) is 35.2 Å². The van der Waals surface area contributed by atoms with Gasteiger partial charge in [-0.25, -0.2) is 22.0 Å². The Morgan fingerprint density at radius 3 is 2.51 bits per heavy atom. The molecule has 216 valence electrons. The van der Waals surface area contributed by atoms with Gasteiger partial charge in [0.15, 0.2) is 9.84 Å². The van der Waals surface area contributed by atoms with E-state index in [1.807, 2.05) is 0 Å². The molecule has 0 unspecified atom stereocenters. The zero-order valence-corrected chi connectivity index (χ0v) is 22.8. The van der Waals surface area contributed by atoms with Gasteiger partial charge < -0.3 is 9.80 Å². The Kier molecular flexibility index (Phi) is 6.45. The summed E-state index contributed by atoms with van der Waals surface area (Å²) >= 11 is 1.01. The minimum Gasteiger partial charge on any atom is -0.348 e. The first kappa shape index (κ1) is 27.7. The number of alkyl halides is 3. The van der Waals surface area contributed by atoms with E-state index in [-0.39, 0.29) is 52.8 Å². The molecule has 0 spiro atoms. The maximum absolute atomic E-state index is 14.9. The van der Waals surface area contributed by atoms with E-state index in [9.17, 15) is 40.0 Å². The summed E-state index contributed by atoms with van der Waals surface area (Å²) in [6.07, 6.45) is -3.92. The van der Waals surface area contributed by atoms with Gasteiger partial charge in [0, 0.05) is 52.9 Å². The van der Waals surface area contributed by atoms with Crippen molar-refractivity contribution in [2.45, 2.75) is 29.7 Å². The second-order valence-electron chi connectivity index (χ2n) is 10.0. The molecule has 3 aromatic rings. The molecular formula is C26H21F5N4O4S2. The molecule has 15 heteroatoms. The third kappa shape index (κ3) is 4.49. The molecule has 2 fully saturated rings. The van der Waals surface area contributed by atoms with Crippen molar-refractivity contribution in [1.82, 2.24) is 14.5 Å². The summed E-state index contributed by atoms with van der Waals surface area (Å²) in [4.78, 5) is 32.7. The highest BCUT2D eigenvalue weighted by Gasteiger charge is 2.49. The monoisotopic (exact) mass is 612 g/mol. The van der Waals surface area contributed by atoms with E-state index in [2.05, 4.69) is 11.6 Å². The molecule has 3 aliphatic heterocycles. The first-order valence-corrected chi connectivity index (χ1v) is 15.3. The Labute approximate surface area is 234 Å². The summed E-state index contributed by atoms with van der Waals surface area (Å²) in [6.45, 7) is 3.61. The normalized spacial score (nSPS) is 21.7. The van der Waals surface area contributed by atoms with Crippen LogP contribution in [0.1, 0.15) is 5.56 Å². The Balaban J connectivity index is 1.64. The molecule has 0 bridgehead atoms. The highest BCUT2D eigenvalue weighted by atomic mass is 32.2. The largest absolute Gasteiger partial charge is 0.417 e. The molecule has 4 heterocycles. The van der Waals surface area contributed by atoms with Crippen LogP contribution in [-0.4, -0.2) is 71.2 Å². The number of hydrogen-bond donors (Lipinski definition) is 0. The fraction of sp³-hybridized carbons (Fsp3) is 0.346. The molecule has 2 atom stereocenters. The standard InChI is InChI=1S/C26H21F5N4O4S2/c1-2-20(36)33-5-6-34(19-12-41(38,39)11-18(19)33)24-15-10-16(26(29,30)31)21(14-4-3-13(27)9-17(14)28)23-22(15)35(7-8-40-23)25(37)32-24/h2-4,9-10,18-19H,1,5-8,11-12H2/t18-,19+/m0/s1. The molecule has 3 aliphatic rings. The van der Waals surface area contributed by atoms with E-state index < -0.39 is 73.8 Å². The van der Waals surface area contributed by atoms with Crippen LogP contribution in [0.4, 0.5) is 27.8 Å². The molecule has 2 aromatic carbocycles. The lowest BCUT2D eigenvalue weighted by atomic mass is 9.95. The smallest absolute Gasteiger partial charge is 0.348 e. The summed E-state index contributed by atoms with van der Waals surface area (Å²) in [5.41, 5.74) is -2.85. The number of sulfone groups is 1. The Hall–Kier alpha value is -3.46. The van der Waals surface area contributed by atoms with Gasteiger partial charge in [-0.1, -0.05) is 6.58 Å². The van der Waals surface area contributed by atoms with Gasteiger partial charge in [-0.3, -0.25) is 9.36 Å². The second-order valence-corrected chi connectivity index (χ2v) is 13.3. The van der Waals surface area contributed by atoms with Gasteiger partial charge in [0.25, 0.3) is 0 Å². The number of carbonyl (C=O) groups excluding carboxylic acids is 1. The maximum Gasteiger partial charge on any atom is 0.417 e. The molecule has 1 aromatic heterocycles. The minimum absolute atomic E-state index is 0.0000108. The van der Waals surface area contributed by atoms with Gasteiger partial charge in [-0.2, -0.15) is 18.2 Å². The molecular weight excluding hydrogens is 591 g/mol. The van der Waals surface area contributed by atoms with Crippen molar-refractivity contribution in [1.29, 1.82) is 0 Å². The van der Waals surface area contributed by atoms with Crippen LogP contribution >= 0.6 is 11.8 Å². The van der Waals surface area contributed by atoms with Gasteiger partial charge in [0.2, 0.25) is 5.91 Å². The number of anilines is 1. The highest BCUT2D eigenvalue weighted by molar-refractivity contribution is 7.99. The molecule has 0 radical (unpaired) electrons. The number of rotatable bonds is 3. The average molecular weight is 613 g/mol. The van der Waals surface area contributed by atoms with Crippen molar-refractivity contribution in [3.05, 3.63) is 64.6 Å². The molecule has 41 heavy (non-hydrogen) atoms. The van der Waals surface area contributed by atoms with Crippen molar-refractivity contribution < 1.29 is 35.2 Å². The van der Waals surface area contributed by atoms with E-state index >= 15 is 0 Å². The van der Waals surface area contributed by atoms with Gasteiger partial charge >= 0.3 is 11.9 Å². The van der Waals surface area contributed by atoms with Crippen LogP contribution in [0.3, 0.4) is 0 Å². The van der Waals surface area contributed by atoms with Crippen LogP contribution in [0.5, 0.6) is 0 Å². The van der Waals surface area contributed by atoms with E-state index in [0.29, 0.717) is 6.07 Å². The number of nitrogens with zero attached hydrogens (tertiary/aromatic N) is 4. The maximum atomic E-state index is 14.9. The zero-order valence-electron chi connectivity index (χ0n) is 21.1. The Bertz CT molecular complexity index is 1810.